The molecular weight excluding hydrogens is 230 g/mol. The van der Waals surface area contributed by atoms with Gasteiger partial charge in [0.05, 0.1) is 5.92 Å². The number of amides is 1. The highest BCUT2D eigenvalue weighted by molar-refractivity contribution is 5.96. The Bertz CT molecular complexity index is 468. The molecule has 18 heavy (non-hydrogen) atoms. The van der Waals surface area contributed by atoms with Crippen LogP contribution in [0.15, 0.2) is 18.2 Å². The van der Waals surface area contributed by atoms with Gasteiger partial charge in [-0.05, 0) is 39.3 Å². The SMILES string of the molecule is Cc1ccc(C(=O)NC(C)C(C)C(=O)O)c(C)c1. The zero-order valence-electron chi connectivity index (χ0n) is 11.2. The third kappa shape index (κ3) is 3.32. The Balaban J connectivity index is 2.79. The second-order valence-electron chi connectivity index (χ2n) is 4.71. The van der Waals surface area contributed by atoms with Crippen molar-refractivity contribution in [2.24, 2.45) is 5.92 Å². The molecule has 0 aliphatic rings. The molecule has 1 aromatic rings. The molecule has 0 saturated heterocycles. The van der Waals surface area contributed by atoms with Crippen LogP contribution in [-0.2, 0) is 4.79 Å². The molecular formula is C14H19NO3. The minimum Gasteiger partial charge on any atom is -0.481 e. The standard InChI is InChI=1S/C14H19NO3/c1-8-5-6-12(9(2)7-8)13(16)15-11(4)10(3)14(17)18/h5-7,10-11H,1-4H3,(H,15,16)(H,17,18). The van der Waals surface area contributed by atoms with E-state index in [0.717, 1.165) is 11.1 Å². The fourth-order valence-electron chi connectivity index (χ4n) is 1.69. The summed E-state index contributed by atoms with van der Waals surface area (Å²) in [5, 5.41) is 11.6. The molecule has 0 fully saturated rings. The lowest BCUT2D eigenvalue weighted by molar-refractivity contribution is -0.141. The van der Waals surface area contributed by atoms with E-state index in [-0.39, 0.29) is 5.91 Å². The average molecular weight is 249 g/mol. The first-order valence-electron chi connectivity index (χ1n) is 5.94. The Labute approximate surface area is 107 Å². The number of carbonyl (C=O) groups excluding carboxylic acids is 1. The number of benzene rings is 1. The lowest BCUT2D eigenvalue weighted by atomic mass is 10.0. The number of carboxylic acids is 1. The number of carbonyl (C=O) groups is 2. The van der Waals surface area contributed by atoms with Crippen LogP contribution in [-0.4, -0.2) is 23.0 Å². The highest BCUT2D eigenvalue weighted by atomic mass is 16.4. The molecule has 0 radical (unpaired) electrons. The number of carboxylic acid groups (broad SMARTS) is 1. The van der Waals surface area contributed by atoms with E-state index < -0.39 is 17.9 Å². The van der Waals surface area contributed by atoms with Crippen LogP contribution >= 0.6 is 0 Å². The molecule has 0 spiro atoms. The number of nitrogens with one attached hydrogen (secondary N) is 1. The summed E-state index contributed by atoms with van der Waals surface area (Å²) in [6.07, 6.45) is 0. The lowest BCUT2D eigenvalue weighted by Crippen LogP contribution is -2.40. The van der Waals surface area contributed by atoms with Gasteiger partial charge in [-0.1, -0.05) is 17.7 Å². The zero-order valence-corrected chi connectivity index (χ0v) is 11.2. The van der Waals surface area contributed by atoms with Crippen LogP contribution < -0.4 is 5.32 Å². The minimum absolute atomic E-state index is 0.229. The first kappa shape index (κ1) is 14.2. The molecule has 4 heteroatoms. The van der Waals surface area contributed by atoms with Gasteiger partial charge in [0.1, 0.15) is 0 Å². The summed E-state index contributed by atoms with van der Waals surface area (Å²) in [6, 6.07) is 5.15. The minimum atomic E-state index is -0.913. The number of hydrogen-bond donors (Lipinski definition) is 2. The zero-order chi connectivity index (χ0) is 13.9. The van der Waals surface area contributed by atoms with Crippen molar-refractivity contribution in [1.82, 2.24) is 5.32 Å². The Kier molecular flexibility index (Phi) is 4.48. The van der Waals surface area contributed by atoms with E-state index in [2.05, 4.69) is 5.32 Å². The van der Waals surface area contributed by atoms with Gasteiger partial charge in [-0.25, -0.2) is 0 Å². The first-order valence-corrected chi connectivity index (χ1v) is 5.94. The van der Waals surface area contributed by atoms with E-state index in [1.807, 2.05) is 26.0 Å². The Morgan fingerprint density at radius 2 is 1.83 bits per heavy atom. The van der Waals surface area contributed by atoms with E-state index >= 15 is 0 Å². The monoisotopic (exact) mass is 249 g/mol. The van der Waals surface area contributed by atoms with Gasteiger partial charge in [-0.2, -0.15) is 0 Å². The third-order valence-electron chi connectivity index (χ3n) is 3.12. The van der Waals surface area contributed by atoms with Crippen molar-refractivity contribution in [2.75, 3.05) is 0 Å². The van der Waals surface area contributed by atoms with E-state index in [4.69, 9.17) is 5.11 Å². The molecule has 1 aromatic carbocycles. The van der Waals surface area contributed by atoms with Gasteiger partial charge in [0, 0.05) is 11.6 Å². The van der Waals surface area contributed by atoms with Crippen LogP contribution in [0.1, 0.15) is 35.3 Å². The second-order valence-corrected chi connectivity index (χ2v) is 4.71. The summed E-state index contributed by atoms with van der Waals surface area (Å²) < 4.78 is 0. The van der Waals surface area contributed by atoms with Gasteiger partial charge in [0.2, 0.25) is 0 Å². The topological polar surface area (TPSA) is 66.4 Å². The highest BCUT2D eigenvalue weighted by Crippen LogP contribution is 2.11. The van der Waals surface area contributed by atoms with Gasteiger partial charge < -0.3 is 10.4 Å². The van der Waals surface area contributed by atoms with Crippen LogP contribution in [0.3, 0.4) is 0 Å². The van der Waals surface area contributed by atoms with Crippen LogP contribution in [0.25, 0.3) is 0 Å². The number of aryl methyl sites for hydroxylation is 2. The maximum atomic E-state index is 12.0. The third-order valence-corrected chi connectivity index (χ3v) is 3.12. The maximum Gasteiger partial charge on any atom is 0.308 e. The van der Waals surface area contributed by atoms with E-state index in [9.17, 15) is 9.59 Å². The fraction of sp³-hybridized carbons (Fsp3) is 0.429. The summed E-state index contributed by atoms with van der Waals surface area (Å²) in [5.74, 6) is -1.75. The van der Waals surface area contributed by atoms with Crippen molar-refractivity contribution in [1.29, 1.82) is 0 Å². The predicted octanol–water partition coefficient (Wildman–Crippen LogP) is 2.14. The second kappa shape index (κ2) is 5.67. The number of aliphatic carboxylic acids is 1. The summed E-state index contributed by atoms with van der Waals surface area (Å²) in [4.78, 5) is 22.8. The van der Waals surface area contributed by atoms with Crippen LogP contribution in [0.2, 0.25) is 0 Å². The maximum absolute atomic E-state index is 12.0. The molecule has 1 amide bonds. The van der Waals surface area contributed by atoms with Gasteiger partial charge in [0.25, 0.3) is 5.91 Å². The van der Waals surface area contributed by atoms with Gasteiger partial charge >= 0.3 is 5.97 Å². The van der Waals surface area contributed by atoms with Crippen molar-refractivity contribution < 1.29 is 14.7 Å². The highest BCUT2D eigenvalue weighted by Gasteiger charge is 2.21. The summed E-state index contributed by atoms with van der Waals surface area (Å²) in [7, 11) is 0. The molecule has 0 heterocycles. The molecule has 98 valence electrons. The first-order chi connectivity index (χ1) is 8.32. The summed E-state index contributed by atoms with van der Waals surface area (Å²) in [6.45, 7) is 7.10. The summed E-state index contributed by atoms with van der Waals surface area (Å²) in [5.41, 5.74) is 2.57. The van der Waals surface area contributed by atoms with Crippen molar-refractivity contribution in [2.45, 2.75) is 33.7 Å². The van der Waals surface area contributed by atoms with Gasteiger partial charge in [0.15, 0.2) is 0 Å². The number of rotatable bonds is 4. The quantitative estimate of drug-likeness (QED) is 0.859. The largest absolute Gasteiger partial charge is 0.481 e. The average Bonchev–Trinajstić information content (AvgIpc) is 2.27. The van der Waals surface area contributed by atoms with E-state index in [1.165, 1.54) is 0 Å². The molecule has 2 N–H and O–H groups in total. The summed E-state index contributed by atoms with van der Waals surface area (Å²) >= 11 is 0. The normalized spacial score (nSPS) is 13.8. The molecule has 1 rings (SSSR count). The molecule has 0 aliphatic heterocycles. The lowest BCUT2D eigenvalue weighted by Gasteiger charge is -2.18. The molecule has 4 nitrogen and oxygen atoms in total. The molecule has 0 saturated carbocycles. The Morgan fingerprint density at radius 1 is 1.22 bits per heavy atom. The van der Waals surface area contributed by atoms with Gasteiger partial charge in [-0.15, -0.1) is 0 Å². The van der Waals surface area contributed by atoms with Crippen LogP contribution in [0, 0.1) is 19.8 Å². The number of hydrogen-bond acceptors (Lipinski definition) is 2. The Morgan fingerprint density at radius 3 is 2.33 bits per heavy atom. The Hall–Kier alpha value is -1.84. The smallest absolute Gasteiger partial charge is 0.308 e. The van der Waals surface area contributed by atoms with Crippen molar-refractivity contribution in [3.63, 3.8) is 0 Å². The fourth-order valence-corrected chi connectivity index (χ4v) is 1.69. The molecule has 0 aliphatic carbocycles. The molecule has 2 unspecified atom stereocenters. The van der Waals surface area contributed by atoms with Crippen molar-refractivity contribution in [3.05, 3.63) is 34.9 Å². The van der Waals surface area contributed by atoms with E-state index in [0.29, 0.717) is 5.56 Å². The van der Waals surface area contributed by atoms with Crippen LogP contribution in [0.5, 0.6) is 0 Å². The molecule has 0 aromatic heterocycles. The molecule has 0 bridgehead atoms. The van der Waals surface area contributed by atoms with E-state index in [1.54, 1.807) is 19.9 Å². The van der Waals surface area contributed by atoms with Gasteiger partial charge in [-0.3, -0.25) is 9.59 Å². The van der Waals surface area contributed by atoms with Crippen molar-refractivity contribution >= 4 is 11.9 Å². The molecule has 2 atom stereocenters. The predicted molar refractivity (Wildman–Crippen MR) is 69.6 cm³/mol. The van der Waals surface area contributed by atoms with Crippen molar-refractivity contribution in [3.8, 4) is 0 Å². The van der Waals surface area contributed by atoms with Crippen LogP contribution in [0.4, 0.5) is 0 Å².